The van der Waals surface area contributed by atoms with E-state index in [9.17, 15) is 4.79 Å². The first-order valence-electron chi connectivity index (χ1n) is 8.06. The third kappa shape index (κ3) is 4.00. The average Bonchev–Trinajstić information content (AvgIpc) is 2.51. The van der Waals surface area contributed by atoms with Crippen molar-refractivity contribution in [3.05, 3.63) is 0 Å². The maximum Gasteiger partial charge on any atom is 0.225 e. The fraction of sp³-hybridized carbons (Fsp3) is 0.938. The average molecular weight is 251 g/mol. The minimum atomic E-state index is 0.353. The molecule has 0 aromatic rings. The summed E-state index contributed by atoms with van der Waals surface area (Å²) in [7, 11) is 0. The molecule has 2 fully saturated rings. The number of hydrogen-bond acceptors (Lipinski definition) is 1. The summed E-state index contributed by atoms with van der Waals surface area (Å²) in [5.74, 6) is 1.52. The molecule has 2 nitrogen and oxygen atoms in total. The molecule has 1 saturated heterocycles. The van der Waals surface area contributed by atoms with Crippen molar-refractivity contribution in [2.45, 2.75) is 71.1 Å². The van der Waals surface area contributed by atoms with E-state index in [0.29, 0.717) is 17.7 Å². The van der Waals surface area contributed by atoms with Crippen LogP contribution in [0.2, 0.25) is 0 Å². The molecule has 0 aromatic heterocycles. The highest BCUT2D eigenvalue weighted by Crippen LogP contribution is 2.26. The van der Waals surface area contributed by atoms with Crippen LogP contribution in [-0.4, -0.2) is 23.9 Å². The summed E-state index contributed by atoms with van der Waals surface area (Å²) in [4.78, 5) is 14.8. The Morgan fingerprint density at radius 3 is 2.28 bits per heavy atom. The fourth-order valence-corrected chi connectivity index (χ4v) is 3.52. The summed E-state index contributed by atoms with van der Waals surface area (Å²) < 4.78 is 0. The van der Waals surface area contributed by atoms with E-state index >= 15 is 0 Å². The zero-order chi connectivity index (χ0) is 12.8. The zero-order valence-electron chi connectivity index (χ0n) is 12.0. The summed E-state index contributed by atoms with van der Waals surface area (Å²) in [5, 5.41) is 0. The van der Waals surface area contributed by atoms with Crippen LogP contribution in [0.5, 0.6) is 0 Å². The Kier molecular flexibility index (Phi) is 5.52. The lowest BCUT2D eigenvalue weighted by Crippen LogP contribution is -2.40. The van der Waals surface area contributed by atoms with Gasteiger partial charge in [-0.05, 0) is 31.6 Å². The van der Waals surface area contributed by atoms with Crippen LogP contribution in [0.25, 0.3) is 0 Å². The molecule has 2 aliphatic rings. The van der Waals surface area contributed by atoms with Crippen molar-refractivity contribution in [1.82, 2.24) is 4.90 Å². The summed E-state index contributed by atoms with van der Waals surface area (Å²) in [5.41, 5.74) is 0. The number of hydrogen-bond donors (Lipinski definition) is 0. The van der Waals surface area contributed by atoms with Gasteiger partial charge >= 0.3 is 0 Å². The highest BCUT2D eigenvalue weighted by atomic mass is 16.2. The highest BCUT2D eigenvalue weighted by molar-refractivity contribution is 5.78. The van der Waals surface area contributed by atoms with E-state index < -0.39 is 0 Å². The second kappa shape index (κ2) is 7.16. The van der Waals surface area contributed by atoms with Gasteiger partial charge in [-0.3, -0.25) is 4.79 Å². The largest absolute Gasteiger partial charge is 0.342 e. The number of amides is 1. The smallest absolute Gasteiger partial charge is 0.225 e. The van der Waals surface area contributed by atoms with Crippen LogP contribution in [0, 0.1) is 11.8 Å². The Morgan fingerprint density at radius 2 is 1.50 bits per heavy atom. The first-order chi connectivity index (χ1) is 8.77. The van der Waals surface area contributed by atoms with Crippen molar-refractivity contribution in [3.8, 4) is 0 Å². The maximum atomic E-state index is 12.6. The van der Waals surface area contributed by atoms with Gasteiger partial charge in [0.05, 0.1) is 0 Å². The predicted molar refractivity (Wildman–Crippen MR) is 75.4 cm³/mol. The van der Waals surface area contributed by atoms with Crippen LogP contribution in [0.1, 0.15) is 71.1 Å². The molecule has 18 heavy (non-hydrogen) atoms. The van der Waals surface area contributed by atoms with E-state index in [1.54, 1.807) is 0 Å². The standard InChI is InChI=1S/C16H29NO/c1-14-9-5-2-3-8-12-17(13-14)16(18)15-10-6-4-7-11-15/h14-15H,2-13H2,1H3. The first-order valence-corrected chi connectivity index (χ1v) is 8.06. The highest BCUT2D eigenvalue weighted by Gasteiger charge is 2.26. The fourth-order valence-electron chi connectivity index (χ4n) is 3.52. The summed E-state index contributed by atoms with van der Waals surface area (Å²) in [6.07, 6.45) is 12.7. The molecule has 1 amide bonds. The normalized spacial score (nSPS) is 28.3. The predicted octanol–water partition coefficient (Wildman–Crippen LogP) is 4.00. The number of nitrogens with zero attached hydrogens (tertiary/aromatic N) is 1. The molecule has 0 N–H and O–H groups in total. The van der Waals surface area contributed by atoms with Crippen molar-refractivity contribution >= 4 is 5.91 Å². The molecule has 0 bridgehead atoms. The second-order valence-electron chi connectivity index (χ2n) is 6.43. The molecule has 0 aromatic carbocycles. The molecule has 2 rings (SSSR count). The minimum absolute atomic E-state index is 0.353. The van der Waals surface area contributed by atoms with Crippen molar-refractivity contribution in [2.24, 2.45) is 11.8 Å². The second-order valence-corrected chi connectivity index (χ2v) is 6.43. The maximum absolute atomic E-state index is 12.6. The topological polar surface area (TPSA) is 20.3 Å². The molecule has 2 heteroatoms. The van der Waals surface area contributed by atoms with Crippen molar-refractivity contribution in [2.75, 3.05) is 13.1 Å². The van der Waals surface area contributed by atoms with E-state index in [4.69, 9.17) is 0 Å². The van der Waals surface area contributed by atoms with E-state index in [1.165, 1.54) is 51.4 Å². The molecule has 0 radical (unpaired) electrons. The lowest BCUT2D eigenvalue weighted by molar-refractivity contribution is -0.137. The summed E-state index contributed by atoms with van der Waals surface area (Å²) in [6, 6.07) is 0. The zero-order valence-corrected chi connectivity index (χ0v) is 12.0. The van der Waals surface area contributed by atoms with Crippen molar-refractivity contribution in [1.29, 1.82) is 0 Å². The van der Waals surface area contributed by atoms with Gasteiger partial charge in [-0.2, -0.15) is 0 Å². The van der Waals surface area contributed by atoms with E-state index in [1.807, 2.05) is 0 Å². The Labute approximate surface area is 112 Å². The van der Waals surface area contributed by atoms with Crippen LogP contribution >= 0.6 is 0 Å². The van der Waals surface area contributed by atoms with Gasteiger partial charge < -0.3 is 4.90 Å². The number of carbonyl (C=O) groups is 1. The molecular formula is C16H29NO. The van der Waals surface area contributed by atoms with Gasteiger partial charge in [0.2, 0.25) is 5.91 Å². The molecule has 1 atom stereocenters. The molecule has 1 saturated carbocycles. The Hall–Kier alpha value is -0.530. The van der Waals surface area contributed by atoms with Gasteiger partial charge in [-0.25, -0.2) is 0 Å². The molecule has 104 valence electrons. The summed E-state index contributed by atoms with van der Waals surface area (Å²) >= 11 is 0. The molecule has 0 spiro atoms. The molecule has 1 aliphatic carbocycles. The van der Waals surface area contributed by atoms with E-state index in [-0.39, 0.29) is 0 Å². The molecule has 1 aliphatic heterocycles. The van der Waals surface area contributed by atoms with Crippen LogP contribution in [-0.2, 0) is 4.79 Å². The minimum Gasteiger partial charge on any atom is -0.342 e. The lowest BCUT2D eigenvalue weighted by Gasteiger charge is -2.30. The Morgan fingerprint density at radius 1 is 0.889 bits per heavy atom. The van der Waals surface area contributed by atoms with Gasteiger partial charge in [0.1, 0.15) is 0 Å². The third-order valence-electron chi connectivity index (χ3n) is 4.67. The number of carbonyl (C=O) groups excluding carboxylic acids is 1. The summed E-state index contributed by atoms with van der Waals surface area (Å²) in [6.45, 7) is 4.33. The van der Waals surface area contributed by atoms with Crippen molar-refractivity contribution < 1.29 is 4.79 Å². The quantitative estimate of drug-likeness (QED) is 0.690. The molecular weight excluding hydrogens is 222 g/mol. The van der Waals surface area contributed by atoms with Gasteiger partial charge in [0.15, 0.2) is 0 Å². The van der Waals surface area contributed by atoms with Crippen LogP contribution in [0.4, 0.5) is 0 Å². The van der Waals surface area contributed by atoms with Crippen LogP contribution in [0.3, 0.4) is 0 Å². The Balaban J connectivity index is 1.92. The Bertz CT molecular complexity index is 258. The third-order valence-corrected chi connectivity index (χ3v) is 4.67. The number of rotatable bonds is 1. The van der Waals surface area contributed by atoms with Crippen LogP contribution < -0.4 is 0 Å². The van der Waals surface area contributed by atoms with Gasteiger partial charge in [-0.15, -0.1) is 0 Å². The van der Waals surface area contributed by atoms with E-state index in [2.05, 4.69) is 11.8 Å². The van der Waals surface area contributed by atoms with Crippen molar-refractivity contribution in [3.63, 3.8) is 0 Å². The first kappa shape index (κ1) is 13.9. The van der Waals surface area contributed by atoms with E-state index in [0.717, 1.165) is 25.9 Å². The SMILES string of the molecule is CC1CCCCCCN(C(=O)C2CCCCC2)C1. The van der Waals surface area contributed by atoms with Gasteiger partial charge in [-0.1, -0.05) is 45.4 Å². The monoisotopic (exact) mass is 251 g/mol. The van der Waals surface area contributed by atoms with Crippen LogP contribution in [0.15, 0.2) is 0 Å². The van der Waals surface area contributed by atoms with Gasteiger partial charge in [0, 0.05) is 19.0 Å². The molecule has 1 unspecified atom stereocenters. The molecule has 1 heterocycles. The lowest BCUT2D eigenvalue weighted by atomic mass is 9.88. The van der Waals surface area contributed by atoms with Gasteiger partial charge in [0.25, 0.3) is 0 Å².